The predicted octanol–water partition coefficient (Wildman–Crippen LogP) is 4.84. The summed E-state index contributed by atoms with van der Waals surface area (Å²) >= 11 is 0. The summed E-state index contributed by atoms with van der Waals surface area (Å²) in [5, 5.41) is 14.6. The van der Waals surface area contributed by atoms with Gasteiger partial charge in [-0.15, -0.1) is 0 Å². The molecule has 176 valence electrons. The average molecular weight is 472 g/mol. The van der Waals surface area contributed by atoms with Crippen LogP contribution < -0.4 is 0 Å². The lowest BCUT2D eigenvalue weighted by molar-refractivity contribution is -0.360. The summed E-state index contributed by atoms with van der Waals surface area (Å²) in [6.07, 6.45) is 9.45. The summed E-state index contributed by atoms with van der Waals surface area (Å²) in [5.41, 5.74) is 3.74. The topological polar surface area (TPSA) is 89.7 Å². The summed E-state index contributed by atoms with van der Waals surface area (Å²) in [5.74, 6) is 0. The normalized spacial score (nSPS) is 14.8. The first-order chi connectivity index (χ1) is 16.8. The molecule has 3 heterocycles. The highest BCUT2D eigenvalue weighted by Crippen LogP contribution is 2.40. The fourth-order valence-corrected chi connectivity index (χ4v) is 3.84. The van der Waals surface area contributed by atoms with Crippen LogP contribution in [0.3, 0.4) is 0 Å². The Bertz CT molecular complexity index is 1340. The van der Waals surface area contributed by atoms with Crippen LogP contribution in [-0.2, 0) is 9.59 Å². The molecule has 0 atom stereocenters. The van der Waals surface area contributed by atoms with Crippen molar-refractivity contribution < 1.29 is 22.7 Å². The number of carbonyl (C=O) groups is 2. The summed E-state index contributed by atoms with van der Waals surface area (Å²) in [6, 6.07) is 14.4. The summed E-state index contributed by atoms with van der Waals surface area (Å²) in [4.78, 5) is 21.5. The molecule has 1 aromatic heterocycles. The number of halogens is 2. The van der Waals surface area contributed by atoms with Gasteiger partial charge >= 0.3 is 6.97 Å². The predicted molar refractivity (Wildman–Crippen MR) is 132 cm³/mol. The van der Waals surface area contributed by atoms with E-state index in [4.69, 9.17) is 10.5 Å². The number of carbonyl (C=O) groups excluding carboxylic acids is 2. The summed E-state index contributed by atoms with van der Waals surface area (Å²) in [7, 11) is 0. The molecule has 2 aliphatic heterocycles. The standard InChI is InChI=1S/C22H17BF2N2O2.2C2H3N/c1-16-6-8-17(9-7-16)22-20-12-10-18(4-2-14-28)26(20)23(24,25)27-19(5-3-15-29)11-13-21(22)27;2*1-2-3/h2-15H,1H3;2*1H3/b4-2+,5-3+;;. The lowest BCUT2D eigenvalue weighted by Gasteiger charge is -2.33. The lowest BCUT2D eigenvalue weighted by Crippen LogP contribution is -2.51. The van der Waals surface area contributed by atoms with Crippen molar-refractivity contribution >= 4 is 36.9 Å². The van der Waals surface area contributed by atoms with Gasteiger partial charge in [0.25, 0.3) is 0 Å². The van der Waals surface area contributed by atoms with E-state index in [0.29, 0.717) is 29.5 Å². The fourth-order valence-electron chi connectivity index (χ4n) is 3.84. The number of aryl methyl sites for hydroxylation is 1. The van der Waals surface area contributed by atoms with E-state index >= 15 is 8.63 Å². The molecule has 35 heavy (non-hydrogen) atoms. The molecule has 0 spiro atoms. The largest absolute Gasteiger partial charge is 0.737 e. The first kappa shape index (κ1) is 26.6. The highest BCUT2D eigenvalue weighted by atomic mass is 19.2. The number of hydrogen-bond acceptors (Lipinski definition) is 4. The molecule has 0 radical (unpaired) electrons. The van der Waals surface area contributed by atoms with Gasteiger partial charge in [0.15, 0.2) is 11.4 Å². The monoisotopic (exact) mass is 472 g/mol. The second-order valence-corrected chi connectivity index (χ2v) is 7.29. The van der Waals surface area contributed by atoms with Crippen LogP contribution >= 0.6 is 0 Å². The number of hydrogen-bond donors (Lipinski definition) is 0. The number of allylic oxidation sites excluding steroid dienone is 5. The van der Waals surface area contributed by atoms with Gasteiger partial charge < -0.3 is 17.6 Å². The highest BCUT2D eigenvalue weighted by molar-refractivity contribution is 6.58. The third-order valence-electron chi connectivity index (χ3n) is 5.06. The van der Waals surface area contributed by atoms with Crippen LogP contribution in [0.25, 0.3) is 11.6 Å². The molecule has 0 N–H and O–H groups in total. The Kier molecular flexibility index (Phi) is 9.14. The van der Waals surface area contributed by atoms with Crippen LogP contribution in [0.4, 0.5) is 8.63 Å². The molecule has 0 fully saturated rings. The molecule has 0 bridgehead atoms. The molecular weight excluding hydrogens is 449 g/mol. The van der Waals surface area contributed by atoms with Crippen LogP contribution in [0.2, 0.25) is 0 Å². The first-order valence-electron chi connectivity index (χ1n) is 10.6. The molecule has 9 heteroatoms. The Balaban J connectivity index is 0.000000655. The second-order valence-electron chi connectivity index (χ2n) is 7.29. The Morgan fingerprint density at radius 2 is 1.49 bits per heavy atom. The molecule has 4 rings (SSSR count). The van der Waals surface area contributed by atoms with Gasteiger partial charge in [0.1, 0.15) is 12.6 Å². The number of nitrogens with zero attached hydrogens (tertiary/aromatic N) is 4. The second kappa shape index (κ2) is 12.0. The molecule has 0 aliphatic carbocycles. The van der Waals surface area contributed by atoms with E-state index in [1.54, 1.807) is 36.4 Å². The summed E-state index contributed by atoms with van der Waals surface area (Å²) < 4.78 is 33.4. The van der Waals surface area contributed by atoms with E-state index in [0.717, 1.165) is 20.1 Å². The van der Waals surface area contributed by atoms with Crippen LogP contribution in [0.5, 0.6) is 0 Å². The van der Waals surface area contributed by atoms with Crippen molar-refractivity contribution in [3.05, 3.63) is 95.0 Å². The molecule has 0 amide bonds. The fraction of sp³-hybridized carbons (Fsp3) is 0.115. The Hall–Kier alpha value is -4.63. The quantitative estimate of drug-likeness (QED) is 0.354. The molecule has 0 saturated carbocycles. The van der Waals surface area contributed by atoms with E-state index < -0.39 is 6.97 Å². The van der Waals surface area contributed by atoms with Crippen molar-refractivity contribution in [1.82, 2.24) is 4.48 Å². The summed E-state index contributed by atoms with van der Waals surface area (Å²) in [6.45, 7) is 0.583. The zero-order chi connectivity index (χ0) is 26.0. The molecule has 6 nitrogen and oxygen atoms in total. The smallest absolute Gasteiger partial charge is 0.390 e. The minimum atomic E-state index is -4.24. The van der Waals surface area contributed by atoms with E-state index in [-0.39, 0.29) is 11.4 Å². The minimum Gasteiger partial charge on any atom is -0.390 e. The maximum Gasteiger partial charge on any atom is 0.737 e. The maximum atomic E-state index is 15.7. The zero-order valence-electron chi connectivity index (χ0n) is 19.5. The van der Waals surface area contributed by atoms with Crippen LogP contribution in [0, 0.1) is 29.6 Å². The Morgan fingerprint density at radius 1 is 0.914 bits per heavy atom. The van der Waals surface area contributed by atoms with Gasteiger partial charge in [-0.25, -0.2) is 0 Å². The van der Waals surface area contributed by atoms with Gasteiger partial charge in [0.05, 0.1) is 17.7 Å². The third-order valence-corrected chi connectivity index (χ3v) is 5.06. The van der Waals surface area contributed by atoms with Gasteiger partial charge in [0.2, 0.25) is 0 Å². The highest BCUT2D eigenvalue weighted by Gasteiger charge is 2.54. The van der Waals surface area contributed by atoms with Gasteiger partial charge in [-0.2, -0.15) is 10.5 Å². The first-order valence-corrected chi connectivity index (χ1v) is 10.6. The van der Waals surface area contributed by atoms with Gasteiger partial charge in [-0.3, -0.25) is 9.59 Å². The number of fused-ring (bicyclic) bond motifs is 2. The third kappa shape index (κ3) is 5.48. The molecule has 0 unspecified atom stereocenters. The van der Waals surface area contributed by atoms with Gasteiger partial charge in [0, 0.05) is 43.5 Å². The van der Waals surface area contributed by atoms with E-state index in [9.17, 15) is 9.59 Å². The van der Waals surface area contributed by atoms with E-state index in [1.807, 2.05) is 31.2 Å². The van der Waals surface area contributed by atoms with Crippen molar-refractivity contribution in [1.29, 1.82) is 10.5 Å². The molecule has 1 aromatic carbocycles. The van der Waals surface area contributed by atoms with Crippen molar-refractivity contribution in [2.45, 2.75) is 20.8 Å². The van der Waals surface area contributed by atoms with Crippen molar-refractivity contribution in [3.63, 3.8) is 0 Å². The average Bonchev–Trinajstić information content (AvgIpc) is 3.44. The minimum absolute atomic E-state index is 0.228. The number of aromatic nitrogens is 1. The number of nitriles is 2. The molecule has 2 aliphatic rings. The van der Waals surface area contributed by atoms with Crippen LogP contribution in [0.15, 0.2) is 72.5 Å². The number of aldehydes is 2. The van der Waals surface area contributed by atoms with Gasteiger partial charge in [-0.1, -0.05) is 29.8 Å². The molecule has 0 saturated heterocycles. The van der Waals surface area contributed by atoms with E-state index in [2.05, 4.69) is 0 Å². The number of rotatable bonds is 5. The zero-order valence-corrected chi connectivity index (χ0v) is 19.5. The van der Waals surface area contributed by atoms with Gasteiger partial charge in [-0.05, 0) is 42.8 Å². The number of benzene rings is 1. The lowest BCUT2D eigenvalue weighted by atomic mass is 9.85. The SMILES string of the molecule is CC#N.CC#N.Cc1ccc(C2=C3C=CC(/C=C/C=O)=[N+]3[B-](F)(F)n3c(/C=C/C=O)ccc32)cc1. The van der Waals surface area contributed by atoms with Crippen molar-refractivity contribution in [2.24, 2.45) is 0 Å². The van der Waals surface area contributed by atoms with E-state index in [1.165, 1.54) is 38.2 Å². The van der Waals surface area contributed by atoms with Crippen LogP contribution in [-0.4, -0.2) is 34.2 Å². The molecular formula is C26H23BF2N4O2. The Morgan fingerprint density at radius 3 is 2.06 bits per heavy atom. The maximum absolute atomic E-state index is 15.7. The Labute approximate surface area is 202 Å². The molecule has 2 aromatic rings. The van der Waals surface area contributed by atoms with Crippen molar-refractivity contribution in [3.8, 4) is 12.1 Å². The van der Waals surface area contributed by atoms with Crippen LogP contribution in [0.1, 0.15) is 36.4 Å². The van der Waals surface area contributed by atoms with Crippen molar-refractivity contribution in [2.75, 3.05) is 0 Å².